The van der Waals surface area contributed by atoms with Crippen LogP contribution in [-0.4, -0.2) is 33.5 Å². The molecule has 0 saturated heterocycles. The summed E-state index contributed by atoms with van der Waals surface area (Å²) in [5.41, 5.74) is 0. The summed E-state index contributed by atoms with van der Waals surface area (Å²) in [7, 11) is -0.926. The first-order chi connectivity index (χ1) is 6.64. The molecule has 0 bridgehead atoms. The van der Waals surface area contributed by atoms with Gasteiger partial charge < -0.3 is 5.32 Å². The first-order valence-electron chi connectivity index (χ1n) is 5.49. The number of hydrogen-bond donors (Lipinski definition) is 1. The minimum Gasteiger partial charge on any atom is -0.320 e. The number of rotatable bonds is 6. The zero-order chi connectivity index (χ0) is 10.4. The van der Waals surface area contributed by atoms with Crippen LogP contribution < -0.4 is 5.32 Å². The molecule has 1 rings (SSSR count). The molecule has 3 nitrogen and oxygen atoms in total. The smallest absolute Gasteiger partial charge is 0.150 e. The number of nitrogens with one attached hydrogen (secondary N) is 1. The highest BCUT2D eigenvalue weighted by molar-refractivity contribution is 7.91. The summed E-state index contributed by atoms with van der Waals surface area (Å²) in [4.78, 5) is 0. The maximum Gasteiger partial charge on any atom is 0.150 e. The van der Waals surface area contributed by atoms with Gasteiger partial charge in [0.25, 0.3) is 0 Å². The standard InChI is InChI=1S/C10H21NO2S/c1-11-7-4-8-14(12,13)9-10-5-2-3-6-10/h10-11H,2-9H2,1H3. The quantitative estimate of drug-likeness (QED) is 0.683. The summed E-state index contributed by atoms with van der Waals surface area (Å²) >= 11 is 0. The molecule has 0 unspecified atom stereocenters. The summed E-state index contributed by atoms with van der Waals surface area (Å²) in [6, 6.07) is 0. The maximum absolute atomic E-state index is 11.6. The van der Waals surface area contributed by atoms with Crippen molar-refractivity contribution < 1.29 is 8.42 Å². The fourth-order valence-electron chi connectivity index (χ4n) is 2.09. The van der Waals surface area contributed by atoms with E-state index in [1.165, 1.54) is 12.8 Å². The highest BCUT2D eigenvalue weighted by Crippen LogP contribution is 2.26. The van der Waals surface area contributed by atoms with Crippen LogP contribution >= 0.6 is 0 Å². The van der Waals surface area contributed by atoms with Crippen molar-refractivity contribution in [3.8, 4) is 0 Å². The average molecular weight is 219 g/mol. The van der Waals surface area contributed by atoms with Gasteiger partial charge in [-0.3, -0.25) is 0 Å². The van der Waals surface area contributed by atoms with Crippen molar-refractivity contribution in [2.75, 3.05) is 25.1 Å². The van der Waals surface area contributed by atoms with Crippen LogP contribution in [0.4, 0.5) is 0 Å². The van der Waals surface area contributed by atoms with Gasteiger partial charge >= 0.3 is 0 Å². The van der Waals surface area contributed by atoms with E-state index in [0.29, 0.717) is 17.4 Å². The van der Waals surface area contributed by atoms with Gasteiger partial charge in [-0.15, -0.1) is 0 Å². The summed E-state index contributed by atoms with van der Waals surface area (Å²) < 4.78 is 23.3. The van der Waals surface area contributed by atoms with Gasteiger partial charge in [-0.1, -0.05) is 12.8 Å². The lowest BCUT2D eigenvalue weighted by Gasteiger charge is -2.09. The van der Waals surface area contributed by atoms with Crippen LogP contribution in [0.2, 0.25) is 0 Å². The van der Waals surface area contributed by atoms with E-state index in [0.717, 1.165) is 25.8 Å². The van der Waals surface area contributed by atoms with E-state index in [9.17, 15) is 8.42 Å². The predicted molar refractivity (Wildman–Crippen MR) is 59.2 cm³/mol. The molecule has 84 valence electrons. The van der Waals surface area contributed by atoms with E-state index in [-0.39, 0.29) is 0 Å². The number of sulfone groups is 1. The van der Waals surface area contributed by atoms with Gasteiger partial charge in [-0.25, -0.2) is 8.42 Å². The van der Waals surface area contributed by atoms with E-state index < -0.39 is 9.84 Å². The first-order valence-corrected chi connectivity index (χ1v) is 7.31. The Morgan fingerprint density at radius 2 is 1.93 bits per heavy atom. The van der Waals surface area contributed by atoms with Crippen molar-refractivity contribution in [1.29, 1.82) is 0 Å². The molecule has 0 heterocycles. The Labute approximate surface area is 87.2 Å². The van der Waals surface area contributed by atoms with E-state index >= 15 is 0 Å². The van der Waals surface area contributed by atoms with E-state index in [1.54, 1.807) is 0 Å². The molecule has 1 saturated carbocycles. The highest BCUT2D eigenvalue weighted by atomic mass is 32.2. The second kappa shape index (κ2) is 5.71. The van der Waals surface area contributed by atoms with Crippen molar-refractivity contribution >= 4 is 9.84 Å². The van der Waals surface area contributed by atoms with Crippen molar-refractivity contribution in [2.45, 2.75) is 32.1 Å². The fraction of sp³-hybridized carbons (Fsp3) is 1.00. The largest absolute Gasteiger partial charge is 0.320 e. The Balaban J connectivity index is 2.26. The Morgan fingerprint density at radius 1 is 1.29 bits per heavy atom. The van der Waals surface area contributed by atoms with Crippen LogP contribution in [0.1, 0.15) is 32.1 Å². The third kappa shape index (κ3) is 4.42. The van der Waals surface area contributed by atoms with Crippen molar-refractivity contribution in [2.24, 2.45) is 5.92 Å². The lowest BCUT2D eigenvalue weighted by atomic mass is 10.1. The molecule has 1 fully saturated rings. The molecule has 4 heteroatoms. The summed E-state index contributed by atoms with van der Waals surface area (Å²) in [6.07, 6.45) is 5.41. The first kappa shape index (κ1) is 12.0. The minimum atomic E-state index is -2.78. The zero-order valence-corrected chi connectivity index (χ0v) is 9.78. The van der Waals surface area contributed by atoms with Crippen molar-refractivity contribution in [3.05, 3.63) is 0 Å². The molecule has 0 amide bonds. The second-order valence-electron chi connectivity index (χ2n) is 4.22. The van der Waals surface area contributed by atoms with Gasteiger partial charge in [0.1, 0.15) is 0 Å². The van der Waals surface area contributed by atoms with E-state index in [1.807, 2.05) is 7.05 Å². The van der Waals surface area contributed by atoms with Gasteiger partial charge in [0.15, 0.2) is 9.84 Å². The fourth-order valence-corrected chi connectivity index (χ4v) is 3.89. The predicted octanol–water partition coefficient (Wildman–Crippen LogP) is 1.20. The van der Waals surface area contributed by atoms with Gasteiger partial charge in [-0.2, -0.15) is 0 Å². The molecule has 0 aromatic carbocycles. The molecule has 0 aromatic rings. The summed E-state index contributed by atoms with van der Waals surface area (Å²) in [5.74, 6) is 1.23. The molecule has 1 N–H and O–H groups in total. The zero-order valence-electron chi connectivity index (χ0n) is 8.96. The van der Waals surface area contributed by atoms with Gasteiger partial charge in [-0.05, 0) is 38.8 Å². The molecule has 1 aliphatic carbocycles. The topological polar surface area (TPSA) is 46.2 Å². The van der Waals surface area contributed by atoms with Gasteiger partial charge in [0.05, 0.1) is 11.5 Å². The van der Waals surface area contributed by atoms with E-state index in [4.69, 9.17) is 0 Å². The lowest BCUT2D eigenvalue weighted by molar-refractivity contribution is 0.556. The highest BCUT2D eigenvalue weighted by Gasteiger charge is 2.21. The Bertz CT molecular complexity index is 243. The SMILES string of the molecule is CNCCCS(=O)(=O)CC1CCCC1. The normalized spacial score (nSPS) is 18.9. The molecular formula is C10H21NO2S. The molecule has 0 atom stereocenters. The number of hydrogen-bond acceptors (Lipinski definition) is 3. The molecule has 14 heavy (non-hydrogen) atoms. The van der Waals surface area contributed by atoms with Crippen molar-refractivity contribution in [3.63, 3.8) is 0 Å². The maximum atomic E-state index is 11.6. The Hall–Kier alpha value is -0.0900. The molecular weight excluding hydrogens is 198 g/mol. The van der Waals surface area contributed by atoms with Crippen molar-refractivity contribution in [1.82, 2.24) is 5.32 Å². The summed E-state index contributed by atoms with van der Waals surface area (Å²) in [6.45, 7) is 0.796. The average Bonchev–Trinajstić information content (AvgIpc) is 2.56. The monoisotopic (exact) mass is 219 g/mol. The van der Waals surface area contributed by atoms with Crippen LogP contribution in [-0.2, 0) is 9.84 Å². The molecule has 0 radical (unpaired) electrons. The lowest BCUT2D eigenvalue weighted by Crippen LogP contribution is -2.20. The molecule has 0 spiro atoms. The van der Waals surface area contributed by atoms with Gasteiger partial charge in [0.2, 0.25) is 0 Å². The van der Waals surface area contributed by atoms with Gasteiger partial charge in [0, 0.05) is 0 Å². The third-order valence-electron chi connectivity index (χ3n) is 2.85. The molecule has 1 aliphatic rings. The van der Waals surface area contributed by atoms with Crippen LogP contribution in [0, 0.1) is 5.92 Å². The Morgan fingerprint density at radius 3 is 2.50 bits per heavy atom. The summed E-state index contributed by atoms with van der Waals surface area (Å²) in [5, 5.41) is 2.97. The van der Waals surface area contributed by atoms with Crippen LogP contribution in [0.25, 0.3) is 0 Å². The van der Waals surface area contributed by atoms with Crippen LogP contribution in [0.3, 0.4) is 0 Å². The van der Waals surface area contributed by atoms with E-state index in [2.05, 4.69) is 5.32 Å². The van der Waals surface area contributed by atoms with Crippen LogP contribution in [0.15, 0.2) is 0 Å². The van der Waals surface area contributed by atoms with Crippen LogP contribution in [0.5, 0.6) is 0 Å². The molecule has 0 aromatic heterocycles. The minimum absolute atomic E-state index is 0.352. The third-order valence-corrected chi connectivity index (χ3v) is 4.74. The Kier molecular flexibility index (Phi) is 4.89. The molecule has 0 aliphatic heterocycles. The second-order valence-corrected chi connectivity index (χ2v) is 6.45.